The predicted molar refractivity (Wildman–Crippen MR) is 52.2 cm³/mol. The maximum atomic E-state index is 13.0. The Hall–Kier alpha value is -0.920. The van der Waals surface area contributed by atoms with Crippen LogP contribution in [-0.2, 0) is 5.41 Å². The second-order valence-electron chi connectivity index (χ2n) is 4.19. The van der Waals surface area contributed by atoms with Crippen LogP contribution in [0.25, 0.3) is 0 Å². The van der Waals surface area contributed by atoms with Gasteiger partial charge in [0.25, 0.3) is 0 Å². The summed E-state index contributed by atoms with van der Waals surface area (Å²) in [6.45, 7) is 2.11. The van der Waals surface area contributed by atoms with E-state index in [0.29, 0.717) is 0 Å². The minimum absolute atomic E-state index is 0.0949. The summed E-state index contributed by atoms with van der Waals surface area (Å²) in [4.78, 5) is 0. The van der Waals surface area contributed by atoms with E-state index in [-0.39, 0.29) is 5.41 Å². The highest BCUT2D eigenvalue weighted by Crippen LogP contribution is 2.51. The average molecular weight is 196 g/mol. The van der Waals surface area contributed by atoms with Crippen molar-refractivity contribution in [3.8, 4) is 0 Å². The maximum Gasteiger partial charge on any atom is 0.126 e. The number of halogens is 2. The number of rotatable bonds is 3. The Morgan fingerprint density at radius 2 is 1.71 bits per heavy atom. The maximum absolute atomic E-state index is 13.0. The molecule has 0 nitrogen and oxygen atoms in total. The van der Waals surface area contributed by atoms with E-state index in [9.17, 15) is 8.78 Å². The van der Waals surface area contributed by atoms with E-state index in [4.69, 9.17) is 0 Å². The molecule has 0 spiro atoms. The molecule has 0 radical (unpaired) electrons. The largest absolute Gasteiger partial charge is 0.207 e. The van der Waals surface area contributed by atoms with Crippen LogP contribution in [0.1, 0.15) is 38.2 Å². The molecule has 0 aromatic heterocycles. The first kappa shape index (κ1) is 9.63. The third-order valence-corrected chi connectivity index (χ3v) is 3.06. The van der Waals surface area contributed by atoms with Crippen LogP contribution in [0.2, 0.25) is 0 Å². The molecule has 2 heteroatoms. The zero-order valence-corrected chi connectivity index (χ0v) is 8.32. The molecule has 1 aliphatic carbocycles. The molecule has 0 amide bonds. The van der Waals surface area contributed by atoms with Crippen molar-refractivity contribution in [2.45, 2.75) is 38.0 Å². The minimum Gasteiger partial charge on any atom is -0.207 e. The van der Waals surface area contributed by atoms with Crippen LogP contribution >= 0.6 is 0 Å². The molecule has 0 heterocycles. The molecule has 1 fully saturated rings. The third kappa shape index (κ3) is 1.66. The van der Waals surface area contributed by atoms with Crippen LogP contribution in [0.4, 0.5) is 8.78 Å². The van der Waals surface area contributed by atoms with Gasteiger partial charge < -0.3 is 0 Å². The van der Waals surface area contributed by atoms with Gasteiger partial charge in [0.05, 0.1) is 0 Å². The zero-order chi connectivity index (χ0) is 10.2. The van der Waals surface area contributed by atoms with Gasteiger partial charge in [0.1, 0.15) is 11.6 Å². The molecule has 14 heavy (non-hydrogen) atoms. The minimum atomic E-state index is -0.456. The van der Waals surface area contributed by atoms with Crippen molar-refractivity contribution >= 4 is 0 Å². The second-order valence-corrected chi connectivity index (χ2v) is 4.19. The molecule has 0 aliphatic heterocycles. The van der Waals surface area contributed by atoms with Crippen molar-refractivity contribution in [1.82, 2.24) is 0 Å². The van der Waals surface area contributed by atoms with E-state index in [1.165, 1.54) is 12.1 Å². The fourth-order valence-corrected chi connectivity index (χ4v) is 2.17. The summed E-state index contributed by atoms with van der Waals surface area (Å²) in [6, 6.07) is 3.89. The number of hydrogen-bond acceptors (Lipinski definition) is 0. The van der Waals surface area contributed by atoms with Crippen LogP contribution in [0, 0.1) is 11.6 Å². The van der Waals surface area contributed by atoms with E-state index in [2.05, 4.69) is 6.92 Å². The van der Waals surface area contributed by atoms with Crippen LogP contribution < -0.4 is 0 Å². The fourth-order valence-electron chi connectivity index (χ4n) is 2.17. The molecular formula is C12H14F2. The Balaban J connectivity index is 2.32. The van der Waals surface area contributed by atoms with Gasteiger partial charge in [-0.15, -0.1) is 0 Å². The monoisotopic (exact) mass is 196 g/mol. The van der Waals surface area contributed by atoms with Crippen LogP contribution in [-0.4, -0.2) is 0 Å². The molecule has 0 atom stereocenters. The topological polar surface area (TPSA) is 0 Å². The Morgan fingerprint density at radius 1 is 1.14 bits per heavy atom. The lowest BCUT2D eigenvalue weighted by atomic mass is 9.91. The standard InChI is InChI=1S/C12H14F2/c1-2-3-12(4-5-12)9-6-10(13)8-11(14)7-9/h6-8H,2-5H2,1H3. The van der Waals surface area contributed by atoms with Gasteiger partial charge in [-0.1, -0.05) is 13.3 Å². The molecule has 1 saturated carbocycles. The zero-order valence-electron chi connectivity index (χ0n) is 8.32. The lowest BCUT2D eigenvalue weighted by Crippen LogP contribution is -2.06. The fraction of sp³-hybridized carbons (Fsp3) is 0.500. The normalized spacial score (nSPS) is 18.2. The van der Waals surface area contributed by atoms with Gasteiger partial charge in [0, 0.05) is 6.07 Å². The van der Waals surface area contributed by atoms with Crippen LogP contribution in [0.15, 0.2) is 18.2 Å². The summed E-state index contributed by atoms with van der Waals surface area (Å²) in [5.41, 5.74) is 0.939. The van der Waals surface area contributed by atoms with E-state index >= 15 is 0 Å². The van der Waals surface area contributed by atoms with Crippen LogP contribution in [0.5, 0.6) is 0 Å². The van der Waals surface area contributed by atoms with Crippen molar-refractivity contribution in [3.05, 3.63) is 35.4 Å². The second kappa shape index (κ2) is 3.34. The van der Waals surface area contributed by atoms with Gasteiger partial charge >= 0.3 is 0 Å². The highest BCUT2D eigenvalue weighted by molar-refractivity contribution is 5.32. The summed E-state index contributed by atoms with van der Waals surface area (Å²) in [5.74, 6) is -0.912. The quantitative estimate of drug-likeness (QED) is 0.689. The first-order valence-electron chi connectivity index (χ1n) is 5.13. The smallest absolute Gasteiger partial charge is 0.126 e. The van der Waals surface area contributed by atoms with E-state index in [1.807, 2.05) is 0 Å². The molecule has 1 aromatic rings. The molecule has 0 saturated heterocycles. The molecule has 2 rings (SSSR count). The van der Waals surface area contributed by atoms with E-state index in [1.54, 1.807) is 0 Å². The molecule has 1 aromatic carbocycles. The van der Waals surface area contributed by atoms with Gasteiger partial charge in [-0.25, -0.2) is 8.78 Å². The summed E-state index contributed by atoms with van der Waals surface area (Å²) in [6.07, 6.45) is 4.25. The highest BCUT2D eigenvalue weighted by Gasteiger charge is 2.43. The van der Waals surface area contributed by atoms with Gasteiger partial charge in [-0.2, -0.15) is 0 Å². The van der Waals surface area contributed by atoms with Crippen molar-refractivity contribution < 1.29 is 8.78 Å². The SMILES string of the molecule is CCCC1(c2cc(F)cc(F)c2)CC1. The van der Waals surface area contributed by atoms with E-state index < -0.39 is 11.6 Å². The molecule has 0 unspecified atom stereocenters. The average Bonchev–Trinajstić information content (AvgIpc) is 2.84. The first-order chi connectivity index (χ1) is 6.66. The van der Waals surface area contributed by atoms with Crippen molar-refractivity contribution in [2.24, 2.45) is 0 Å². The van der Waals surface area contributed by atoms with Gasteiger partial charge in [0.15, 0.2) is 0 Å². The molecule has 0 N–H and O–H groups in total. The molecule has 76 valence electrons. The summed E-state index contributed by atoms with van der Waals surface area (Å²) >= 11 is 0. The van der Waals surface area contributed by atoms with Crippen molar-refractivity contribution in [3.63, 3.8) is 0 Å². The third-order valence-electron chi connectivity index (χ3n) is 3.06. The summed E-state index contributed by atoms with van der Waals surface area (Å²) < 4.78 is 26.0. The van der Waals surface area contributed by atoms with E-state index in [0.717, 1.165) is 37.3 Å². The highest BCUT2D eigenvalue weighted by atomic mass is 19.1. The number of hydrogen-bond donors (Lipinski definition) is 0. The van der Waals surface area contributed by atoms with Crippen LogP contribution in [0.3, 0.4) is 0 Å². The lowest BCUT2D eigenvalue weighted by Gasteiger charge is -2.14. The summed E-state index contributed by atoms with van der Waals surface area (Å²) in [7, 11) is 0. The Kier molecular flexibility index (Phi) is 2.30. The first-order valence-corrected chi connectivity index (χ1v) is 5.13. The van der Waals surface area contributed by atoms with Gasteiger partial charge in [-0.3, -0.25) is 0 Å². The van der Waals surface area contributed by atoms with Gasteiger partial charge in [-0.05, 0) is 42.4 Å². The molecule has 0 bridgehead atoms. The summed E-state index contributed by atoms with van der Waals surface area (Å²) in [5, 5.41) is 0. The Labute approximate surface area is 82.9 Å². The Bertz CT molecular complexity index is 320. The number of benzene rings is 1. The Morgan fingerprint density at radius 3 is 2.14 bits per heavy atom. The van der Waals surface area contributed by atoms with Crippen molar-refractivity contribution in [1.29, 1.82) is 0 Å². The molecular weight excluding hydrogens is 182 g/mol. The lowest BCUT2D eigenvalue weighted by molar-refractivity contribution is 0.556. The van der Waals surface area contributed by atoms with Crippen molar-refractivity contribution in [2.75, 3.05) is 0 Å². The molecule has 1 aliphatic rings. The predicted octanol–water partition coefficient (Wildman–Crippen LogP) is 3.80. The van der Waals surface area contributed by atoms with Gasteiger partial charge in [0.2, 0.25) is 0 Å².